The van der Waals surface area contributed by atoms with Gasteiger partial charge in [-0.2, -0.15) is 0 Å². The minimum atomic E-state index is -3.72. The van der Waals surface area contributed by atoms with Crippen LogP contribution in [0.1, 0.15) is 56.3 Å². The van der Waals surface area contributed by atoms with Crippen LogP contribution in [0.25, 0.3) is 0 Å². The molecule has 0 aliphatic rings. The zero-order valence-corrected chi connectivity index (χ0v) is 17.1. The van der Waals surface area contributed by atoms with E-state index < -0.39 is 27.9 Å². The number of ether oxygens (including phenoxy) is 1. The van der Waals surface area contributed by atoms with Crippen LogP contribution in [0.2, 0.25) is 0 Å². The van der Waals surface area contributed by atoms with Gasteiger partial charge in [0.2, 0.25) is 15.8 Å². The van der Waals surface area contributed by atoms with Crippen molar-refractivity contribution in [2.24, 2.45) is 0 Å². The second-order valence-corrected chi connectivity index (χ2v) is 8.21. The van der Waals surface area contributed by atoms with Crippen LogP contribution < -0.4 is 4.72 Å². The number of carbonyl (C=O) groups is 3. The van der Waals surface area contributed by atoms with Gasteiger partial charge in [0, 0.05) is 11.3 Å². The first-order valence-corrected chi connectivity index (χ1v) is 9.96. The normalized spacial score (nSPS) is 12.5. The molecule has 0 spiro atoms. The molecule has 0 bridgehead atoms. The van der Waals surface area contributed by atoms with E-state index in [4.69, 9.17) is 4.74 Å². The Kier molecular flexibility index (Phi) is 6.20. The molecule has 0 aliphatic carbocycles. The molecule has 9 heteroatoms. The molecule has 1 heterocycles. The Morgan fingerprint density at radius 3 is 2.36 bits per heavy atom. The van der Waals surface area contributed by atoms with Crippen LogP contribution in [0, 0.1) is 13.8 Å². The first-order chi connectivity index (χ1) is 13.0. The van der Waals surface area contributed by atoms with Gasteiger partial charge in [-0.25, -0.2) is 17.9 Å². The van der Waals surface area contributed by atoms with Crippen molar-refractivity contribution in [2.45, 2.75) is 38.7 Å². The summed E-state index contributed by atoms with van der Waals surface area (Å²) in [6.45, 7) is 6.16. The molecule has 150 valence electrons. The van der Waals surface area contributed by atoms with Crippen LogP contribution in [0.5, 0.6) is 0 Å². The standard InChI is InChI=1S/C19H22N2O6S/c1-10-16(12(3)22)11(2)21-17(10)18(23)13(4)27-19(24)14-7-6-8-15(9-14)28(25,26)20-5/h6-9,13,20-21H,1-5H3/t13-/m1/s1. The number of H-pyrrole nitrogens is 1. The van der Waals surface area contributed by atoms with E-state index in [0.29, 0.717) is 16.8 Å². The van der Waals surface area contributed by atoms with Gasteiger partial charge in [0.25, 0.3) is 0 Å². The van der Waals surface area contributed by atoms with Crippen molar-refractivity contribution in [1.82, 2.24) is 9.71 Å². The summed E-state index contributed by atoms with van der Waals surface area (Å²) in [5.74, 6) is -1.49. The molecule has 2 aromatic rings. The van der Waals surface area contributed by atoms with Crippen LogP contribution in [-0.2, 0) is 14.8 Å². The van der Waals surface area contributed by atoms with Gasteiger partial charge in [-0.3, -0.25) is 9.59 Å². The van der Waals surface area contributed by atoms with Crippen molar-refractivity contribution in [3.05, 3.63) is 52.3 Å². The molecule has 0 saturated heterocycles. The van der Waals surface area contributed by atoms with E-state index in [1.54, 1.807) is 13.8 Å². The smallest absolute Gasteiger partial charge is 0.338 e. The Morgan fingerprint density at radius 2 is 1.82 bits per heavy atom. The second kappa shape index (κ2) is 8.07. The Balaban J connectivity index is 2.24. The summed E-state index contributed by atoms with van der Waals surface area (Å²) in [4.78, 5) is 39.5. The third-order valence-electron chi connectivity index (χ3n) is 4.34. The quantitative estimate of drug-likeness (QED) is 0.537. The zero-order valence-electron chi connectivity index (χ0n) is 16.2. The van der Waals surface area contributed by atoms with Gasteiger partial charge in [-0.1, -0.05) is 6.07 Å². The fraction of sp³-hybridized carbons (Fsp3) is 0.316. The molecule has 28 heavy (non-hydrogen) atoms. The summed E-state index contributed by atoms with van der Waals surface area (Å²) >= 11 is 0. The Hall–Kier alpha value is -2.78. The fourth-order valence-corrected chi connectivity index (χ4v) is 3.69. The van der Waals surface area contributed by atoms with Crippen molar-refractivity contribution in [3.8, 4) is 0 Å². The van der Waals surface area contributed by atoms with Crippen molar-refractivity contribution in [2.75, 3.05) is 7.05 Å². The number of aromatic amines is 1. The van der Waals surface area contributed by atoms with Crippen LogP contribution in [-0.4, -0.2) is 44.1 Å². The Morgan fingerprint density at radius 1 is 1.18 bits per heavy atom. The number of aromatic nitrogens is 1. The second-order valence-electron chi connectivity index (χ2n) is 6.33. The van der Waals surface area contributed by atoms with E-state index in [9.17, 15) is 22.8 Å². The van der Waals surface area contributed by atoms with E-state index in [2.05, 4.69) is 9.71 Å². The number of benzene rings is 1. The number of ketones is 2. The van der Waals surface area contributed by atoms with Crippen molar-refractivity contribution < 1.29 is 27.5 Å². The summed E-state index contributed by atoms with van der Waals surface area (Å²) in [7, 11) is -2.46. The molecule has 0 unspecified atom stereocenters. The lowest BCUT2D eigenvalue weighted by Gasteiger charge is -2.13. The van der Waals surface area contributed by atoms with Crippen molar-refractivity contribution in [1.29, 1.82) is 0 Å². The molecule has 0 fully saturated rings. The van der Waals surface area contributed by atoms with E-state index in [1.165, 1.54) is 45.2 Å². The van der Waals surface area contributed by atoms with Gasteiger partial charge in [0.05, 0.1) is 16.2 Å². The number of esters is 1. The first-order valence-electron chi connectivity index (χ1n) is 8.48. The van der Waals surface area contributed by atoms with Gasteiger partial charge in [0.1, 0.15) is 0 Å². The lowest BCUT2D eigenvalue weighted by atomic mass is 10.0. The van der Waals surface area contributed by atoms with Gasteiger partial charge >= 0.3 is 5.97 Å². The third-order valence-corrected chi connectivity index (χ3v) is 5.75. The molecule has 0 aliphatic heterocycles. The molecule has 2 N–H and O–H groups in total. The lowest BCUT2D eigenvalue weighted by Crippen LogP contribution is -2.25. The molecular weight excluding hydrogens is 384 g/mol. The van der Waals surface area contributed by atoms with Gasteiger partial charge < -0.3 is 9.72 Å². The lowest BCUT2D eigenvalue weighted by molar-refractivity contribution is 0.0316. The highest BCUT2D eigenvalue weighted by molar-refractivity contribution is 7.89. The number of Topliss-reactive ketones (excluding diaryl/α,β-unsaturated/α-hetero) is 2. The van der Waals surface area contributed by atoms with Gasteiger partial charge in [-0.15, -0.1) is 0 Å². The molecular formula is C19H22N2O6S. The van der Waals surface area contributed by atoms with Crippen molar-refractivity contribution in [3.63, 3.8) is 0 Å². The zero-order chi connectivity index (χ0) is 21.2. The van der Waals surface area contributed by atoms with Crippen LogP contribution in [0.15, 0.2) is 29.2 Å². The summed E-state index contributed by atoms with van der Waals surface area (Å²) < 4.78 is 31.1. The van der Waals surface area contributed by atoms with Crippen LogP contribution in [0.3, 0.4) is 0 Å². The Bertz CT molecular complexity index is 1050. The maximum absolute atomic E-state index is 12.7. The molecule has 1 atom stereocenters. The highest BCUT2D eigenvalue weighted by Gasteiger charge is 2.26. The largest absolute Gasteiger partial charge is 0.451 e. The number of nitrogens with one attached hydrogen (secondary N) is 2. The number of hydrogen-bond acceptors (Lipinski definition) is 6. The van der Waals surface area contributed by atoms with Crippen LogP contribution in [0.4, 0.5) is 0 Å². The average Bonchev–Trinajstić information content (AvgIpc) is 2.95. The van der Waals surface area contributed by atoms with E-state index in [1.807, 2.05) is 0 Å². The molecule has 0 radical (unpaired) electrons. The number of rotatable bonds is 7. The number of hydrogen-bond donors (Lipinski definition) is 2. The molecule has 1 aromatic carbocycles. The Labute approximate surface area is 163 Å². The van der Waals surface area contributed by atoms with Gasteiger partial charge in [-0.05, 0) is 58.5 Å². The number of carbonyl (C=O) groups excluding carboxylic acids is 3. The molecule has 8 nitrogen and oxygen atoms in total. The summed E-state index contributed by atoms with van der Waals surface area (Å²) in [5, 5.41) is 0. The fourth-order valence-electron chi connectivity index (χ4n) is 2.92. The predicted octanol–water partition coefficient (Wildman–Crippen LogP) is 2.17. The minimum Gasteiger partial charge on any atom is -0.451 e. The number of sulfonamides is 1. The third kappa shape index (κ3) is 4.20. The summed E-state index contributed by atoms with van der Waals surface area (Å²) in [6.07, 6.45) is -1.13. The van der Waals surface area contributed by atoms with Crippen molar-refractivity contribution >= 4 is 27.6 Å². The molecule has 0 saturated carbocycles. The molecule has 2 rings (SSSR count). The maximum atomic E-state index is 12.7. The maximum Gasteiger partial charge on any atom is 0.338 e. The van der Waals surface area contributed by atoms with Gasteiger partial charge in [0.15, 0.2) is 11.9 Å². The van der Waals surface area contributed by atoms with E-state index in [-0.39, 0.29) is 21.9 Å². The first kappa shape index (κ1) is 21.5. The minimum absolute atomic E-state index is 0.000196. The van der Waals surface area contributed by atoms with Crippen LogP contribution >= 0.6 is 0 Å². The summed E-state index contributed by atoms with van der Waals surface area (Å²) in [5.41, 5.74) is 1.71. The summed E-state index contributed by atoms with van der Waals surface area (Å²) in [6, 6.07) is 5.31. The predicted molar refractivity (Wildman–Crippen MR) is 102 cm³/mol. The number of aryl methyl sites for hydroxylation is 1. The highest BCUT2D eigenvalue weighted by atomic mass is 32.2. The molecule has 1 aromatic heterocycles. The van der Waals surface area contributed by atoms with E-state index >= 15 is 0 Å². The average molecular weight is 406 g/mol. The topological polar surface area (TPSA) is 122 Å². The van der Waals surface area contributed by atoms with E-state index in [0.717, 1.165) is 0 Å². The monoisotopic (exact) mass is 406 g/mol. The molecule has 0 amide bonds. The SMILES string of the molecule is CNS(=O)(=O)c1cccc(C(=O)O[C@H](C)C(=O)c2[nH]c(C)c(C(C)=O)c2C)c1. The highest BCUT2D eigenvalue weighted by Crippen LogP contribution is 2.21.